The maximum atomic E-state index is 10.3. The third-order valence-electron chi connectivity index (χ3n) is 4.22. The second kappa shape index (κ2) is 5.19. The predicted molar refractivity (Wildman–Crippen MR) is 81.4 cm³/mol. The van der Waals surface area contributed by atoms with Crippen LogP contribution in [0.25, 0.3) is 0 Å². The Bertz CT molecular complexity index is 629. The molecule has 0 amide bonds. The highest BCUT2D eigenvalue weighted by Crippen LogP contribution is 2.41. The average molecular weight is 286 g/mol. The molecule has 0 saturated heterocycles. The number of hydrogen-bond acceptors (Lipinski definition) is 3. The van der Waals surface area contributed by atoms with Crippen molar-refractivity contribution < 1.29 is 9.84 Å². The molecule has 1 aliphatic rings. The molecule has 0 saturated carbocycles. The number of ether oxygens (including phenoxy) is 1. The van der Waals surface area contributed by atoms with Crippen molar-refractivity contribution in [3.8, 4) is 5.88 Å². The molecule has 21 heavy (non-hydrogen) atoms. The van der Waals surface area contributed by atoms with E-state index in [1.54, 1.807) is 7.11 Å². The van der Waals surface area contributed by atoms with E-state index in [9.17, 15) is 5.11 Å². The van der Waals surface area contributed by atoms with Crippen molar-refractivity contribution in [3.05, 3.63) is 47.4 Å². The SMILES string of the molecule is COc1ccc(Cn2ccc3c2CC(C)(C)CC3O)cn1. The molecular weight excluding hydrogens is 264 g/mol. The molecule has 3 rings (SSSR count). The van der Waals surface area contributed by atoms with E-state index in [4.69, 9.17) is 4.74 Å². The van der Waals surface area contributed by atoms with Crippen molar-refractivity contribution in [1.82, 2.24) is 9.55 Å². The van der Waals surface area contributed by atoms with Crippen molar-refractivity contribution in [2.75, 3.05) is 7.11 Å². The van der Waals surface area contributed by atoms with Gasteiger partial charge in [-0.1, -0.05) is 19.9 Å². The van der Waals surface area contributed by atoms with Crippen LogP contribution in [0.4, 0.5) is 0 Å². The van der Waals surface area contributed by atoms with Gasteiger partial charge >= 0.3 is 0 Å². The molecule has 0 bridgehead atoms. The summed E-state index contributed by atoms with van der Waals surface area (Å²) >= 11 is 0. The summed E-state index contributed by atoms with van der Waals surface area (Å²) in [6.45, 7) is 5.20. The Hall–Kier alpha value is -1.81. The summed E-state index contributed by atoms with van der Waals surface area (Å²) < 4.78 is 7.31. The zero-order valence-corrected chi connectivity index (χ0v) is 12.8. The number of aromatic nitrogens is 2. The van der Waals surface area contributed by atoms with Gasteiger partial charge in [0.15, 0.2) is 0 Å². The maximum Gasteiger partial charge on any atom is 0.212 e. The van der Waals surface area contributed by atoms with Gasteiger partial charge in [0.2, 0.25) is 5.88 Å². The quantitative estimate of drug-likeness (QED) is 0.943. The van der Waals surface area contributed by atoms with Crippen LogP contribution < -0.4 is 4.74 Å². The Morgan fingerprint density at radius 3 is 2.86 bits per heavy atom. The smallest absolute Gasteiger partial charge is 0.212 e. The number of aliphatic hydroxyl groups excluding tert-OH is 1. The van der Waals surface area contributed by atoms with Crippen LogP contribution in [0.5, 0.6) is 5.88 Å². The minimum Gasteiger partial charge on any atom is -0.481 e. The van der Waals surface area contributed by atoms with Crippen molar-refractivity contribution in [1.29, 1.82) is 0 Å². The van der Waals surface area contributed by atoms with Crippen LogP contribution in [-0.4, -0.2) is 21.8 Å². The number of methoxy groups -OCH3 is 1. The zero-order valence-electron chi connectivity index (χ0n) is 12.8. The fourth-order valence-corrected chi connectivity index (χ4v) is 3.16. The van der Waals surface area contributed by atoms with E-state index in [0.717, 1.165) is 30.5 Å². The monoisotopic (exact) mass is 286 g/mol. The van der Waals surface area contributed by atoms with Gasteiger partial charge in [-0.2, -0.15) is 0 Å². The van der Waals surface area contributed by atoms with Crippen molar-refractivity contribution >= 4 is 0 Å². The van der Waals surface area contributed by atoms with Gasteiger partial charge in [0.25, 0.3) is 0 Å². The number of pyridine rings is 1. The zero-order chi connectivity index (χ0) is 15.0. The Balaban J connectivity index is 1.87. The largest absolute Gasteiger partial charge is 0.481 e. The molecule has 0 aliphatic heterocycles. The summed E-state index contributed by atoms with van der Waals surface area (Å²) in [5, 5.41) is 10.3. The highest BCUT2D eigenvalue weighted by atomic mass is 16.5. The highest BCUT2D eigenvalue weighted by molar-refractivity contribution is 5.30. The lowest BCUT2D eigenvalue weighted by Crippen LogP contribution is -2.26. The van der Waals surface area contributed by atoms with Gasteiger partial charge in [0.1, 0.15) is 0 Å². The van der Waals surface area contributed by atoms with E-state index in [1.165, 1.54) is 5.69 Å². The molecule has 0 aromatic carbocycles. The minimum absolute atomic E-state index is 0.140. The lowest BCUT2D eigenvalue weighted by Gasteiger charge is -2.34. The molecule has 0 spiro atoms. The first-order chi connectivity index (χ1) is 9.98. The fraction of sp³-hybridized carbons (Fsp3) is 0.471. The molecule has 1 aliphatic carbocycles. The Labute approximate surface area is 125 Å². The van der Waals surface area contributed by atoms with E-state index in [2.05, 4.69) is 29.6 Å². The molecule has 2 aromatic heterocycles. The predicted octanol–water partition coefficient (Wildman–Crippen LogP) is 2.95. The molecule has 1 unspecified atom stereocenters. The molecular formula is C17H22N2O2. The summed E-state index contributed by atoms with van der Waals surface area (Å²) in [5.41, 5.74) is 3.60. The number of fused-ring (bicyclic) bond motifs is 1. The number of aliphatic hydroxyl groups is 1. The molecule has 4 nitrogen and oxygen atoms in total. The van der Waals surface area contributed by atoms with Gasteiger partial charge in [-0.25, -0.2) is 4.98 Å². The van der Waals surface area contributed by atoms with Gasteiger partial charge < -0.3 is 14.4 Å². The fourth-order valence-electron chi connectivity index (χ4n) is 3.16. The summed E-state index contributed by atoms with van der Waals surface area (Å²) in [4.78, 5) is 4.25. The van der Waals surface area contributed by atoms with Crippen LogP contribution in [0.1, 0.15) is 43.2 Å². The molecule has 2 aromatic rings. The van der Waals surface area contributed by atoms with Gasteiger partial charge in [-0.15, -0.1) is 0 Å². The van der Waals surface area contributed by atoms with Crippen LogP contribution >= 0.6 is 0 Å². The molecule has 4 heteroatoms. The normalized spacial score (nSPS) is 20.1. The number of nitrogens with zero attached hydrogens (tertiary/aromatic N) is 2. The van der Waals surface area contributed by atoms with Crippen molar-refractivity contribution in [2.45, 2.75) is 39.3 Å². The number of hydrogen-bond donors (Lipinski definition) is 1. The summed E-state index contributed by atoms with van der Waals surface area (Å²) in [6.07, 6.45) is 5.39. The first-order valence-corrected chi connectivity index (χ1v) is 7.33. The van der Waals surface area contributed by atoms with Gasteiger partial charge in [0.05, 0.1) is 13.2 Å². The molecule has 0 radical (unpaired) electrons. The van der Waals surface area contributed by atoms with Crippen LogP contribution in [0.15, 0.2) is 30.6 Å². The number of rotatable bonds is 3. The molecule has 2 heterocycles. The lowest BCUT2D eigenvalue weighted by atomic mass is 9.75. The van der Waals surface area contributed by atoms with Crippen LogP contribution in [-0.2, 0) is 13.0 Å². The summed E-state index contributed by atoms with van der Waals surface area (Å²) in [7, 11) is 1.62. The van der Waals surface area contributed by atoms with E-state index in [0.29, 0.717) is 5.88 Å². The average Bonchev–Trinajstić information content (AvgIpc) is 2.81. The van der Waals surface area contributed by atoms with Crippen LogP contribution in [0.2, 0.25) is 0 Å². The van der Waals surface area contributed by atoms with Gasteiger partial charge in [0, 0.05) is 36.3 Å². The third-order valence-corrected chi connectivity index (χ3v) is 4.22. The lowest BCUT2D eigenvalue weighted by molar-refractivity contribution is 0.0981. The van der Waals surface area contributed by atoms with Gasteiger partial charge in [-0.05, 0) is 29.9 Å². The van der Waals surface area contributed by atoms with E-state index < -0.39 is 0 Å². The first-order valence-electron chi connectivity index (χ1n) is 7.33. The first kappa shape index (κ1) is 14.1. The van der Waals surface area contributed by atoms with Crippen LogP contribution in [0, 0.1) is 5.41 Å². The Morgan fingerprint density at radius 1 is 1.38 bits per heavy atom. The standard InChI is InChI=1S/C17H22N2O2/c1-17(2)8-14-13(15(20)9-17)6-7-19(14)11-12-4-5-16(21-3)18-10-12/h4-7,10,15,20H,8-9,11H2,1-3H3. The van der Waals surface area contributed by atoms with E-state index in [-0.39, 0.29) is 11.5 Å². The minimum atomic E-state index is -0.348. The van der Waals surface area contributed by atoms with E-state index in [1.807, 2.05) is 24.4 Å². The maximum absolute atomic E-state index is 10.3. The van der Waals surface area contributed by atoms with Crippen molar-refractivity contribution in [3.63, 3.8) is 0 Å². The second-order valence-electron chi connectivity index (χ2n) is 6.62. The topological polar surface area (TPSA) is 47.3 Å². The Kier molecular flexibility index (Phi) is 3.49. The van der Waals surface area contributed by atoms with Gasteiger partial charge in [-0.3, -0.25) is 0 Å². The molecule has 1 atom stereocenters. The summed E-state index contributed by atoms with van der Waals surface area (Å²) in [5.74, 6) is 0.629. The molecule has 1 N–H and O–H groups in total. The second-order valence-corrected chi connectivity index (χ2v) is 6.62. The highest BCUT2D eigenvalue weighted by Gasteiger charge is 2.33. The molecule has 0 fully saturated rings. The molecule has 112 valence electrons. The van der Waals surface area contributed by atoms with E-state index >= 15 is 0 Å². The summed E-state index contributed by atoms with van der Waals surface area (Å²) in [6, 6.07) is 5.96. The van der Waals surface area contributed by atoms with Crippen LogP contribution in [0.3, 0.4) is 0 Å². The Morgan fingerprint density at radius 2 is 2.19 bits per heavy atom. The van der Waals surface area contributed by atoms with Crippen molar-refractivity contribution in [2.24, 2.45) is 5.41 Å². The third kappa shape index (κ3) is 2.81.